The van der Waals surface area contributed by atoms with E-state index in [9.17, 15) is 10.1 Å². The van der Waals surface area contributed by atoms with E-state index in [2.05, 4.69) is 11.1 Å². The number of aryl methyl sites for hydroxylation is 1. The van der Waals surface area contributed by atoms with Crippen molar-refractivity contribution in [2.24, 2.45) is 4.99 Å². The van der Waals surface area contributed by atoms with E-state index in [1.54, 1.807) is 6.08 Å². The number of carbonyl (C=O) groups excluding carboxylic acids is 1. The molecule has 0 atom stereocenters. The molecule has 5 heteroatoms. The molecule has 118 valence electrons. The SMILES string of the molecule is N#Cc1c(/N=C2\C=C(c3ccccc3)OC2=O)sc2c1CCCC2. The number of nitrogens with zero attached hydrogens (tertiary/aromatic N) is 2. The van der Waals surface area contributed by atoms with Crippen LogP contribution in [0.15, 0.2) is 41.4 Å². The highest BCUT2D eigenvalue weighted by molar-refractivity contribution is 7.16. The van der Waals surface area contributed by atoms with Crippen molar-refractivity contribution >= 4 is 33.8 Å². The lowest BCUT2D eigenvalue weighted by Gasteiger charge is -2.09. The number of cyclic esters (lactones) is 1. The molecule has 0 fully saturated rings. The van der Waals surface area contributed by atoms with Crippen LogP contribution < -0.4 is 0 Å². The summed E-state index contributed by atoms with van der Waals surface area (Å²) < 4.78 is 5.32. The highest BCUT2D eigenvalue weighted by Gasteiger charge is 2.26. The lowest BCUT2D eigenvalue weighted by atomic mass is 9.96. The molecule has 0 spiro atoms. The first-order chi connectivity index (χ1) is 11.8. The van der Waals surface area contributed by atoms with Gasteiger partial charge in [0.1, 0.15) is 16.8 Å². The Kier molecular flexibility index (Phi) is 3.75. The number of ether oxygens (including phenoxy) is 1. The lowest BCUT2D eigenvalue weighted by Crippen LogP contribution is -2.06. The zero-order valence-corrected chi connectivity index (χ0v) is 13.7. The first-order valence-electron chi connectivity index (χ1n) is 7.89. The average Bonchev–Trinajstić information content (AvgIpc) is 3.16. The number of aliphatic imine (C=N–C) groups is 1. The smallest absolute Gasteiger partial charge is 0.362 e. The summed E-state index contributed by atoms with van der Waals surface area (Å²) in [4.78, 5) is 17.8. The molecule has 4 rings (SSSR count). The average molecular weight is 334 g/mol. The van der Waals surface area contributed by atoms with E-state index in [1.165, 1.54) is 16.2 Å². The van der Waals surface area contributed by atoms with Gasteiger partial charge in [0.15, 0.2) is 5.71 Å². The topological polar surface area (TPSA) is 62.4 Å². The van der Waals surface area contributed by atoms with Crippen LogP contribution in [0.2, 0.25) is 0 Å². The van der Waals surface area contributed by atoms with Crippen molar-refractivity contribution < 1.29 is 9.53 Å². The maximum absolute atomic E-state index is 12.1. The highest BCUT2D eigenvalue weighted by atomic mass is 32.1. The van der Waals surface area contributed by atoms with Crippen LogP contribution in [0.4, 0.5) is 5.00 Å². The fourth-order valence-corrected chi connectivity index (χ4v) is 4.26. The number of fused-ring (bicyclic) bond motifs is 1. The second-order valence-electron chi connectivity index (χ2n) is 5.76. The summed E-state index contributed by atoms with van der Waals surface area (Å²) >= 11 is 1.53. The van der Waals surface area contributed by atoms with Crippen LogP contribution in [-0.4, -0.2) is 11.7 Å². The largest absolute Gasteiger partial charge is 0.421 e. The van der Waals surface area contributed by atoms with E-state index >= 15 is 0 Å². The lowest BCUT2D eigenvalue weighted by molar-refractivity contribution is -0.128. The molecule has 4 nitrogen and oxygen atoms in total. The van der Waals surface area contributed by atoms with E-state index in [4.69, 9.17) is 4.74 Å². The number of nitriles is 1. The zero-order valence-electron chi connectivity index (χ0n) is 12.9. The molecular weight excluding hydrogens is 320 g/mol. The van der Waals surface area contributed by atoms with Crippen molar-refractivity contribution in [3.05, 3.63) is 58.0 Å². The summed E-state index contributed by atoms with van der Waals surface area (Å²) in [6.45, 7) is 0. The fourth-order valence-electron chi connectivity index (χ4n) is 3.04. The summed E-state index contributed by atoms with van der Waals surface area (Å²) in [5.41, 5.74) is 2.83. The molecule has 24 heavy (non-hydrogen) atoms. The molecule has 0 bridgehead atoms. The number of hydrogen-bond donors (Lipinski definition) is 0. The van der Waals surface area contributed by atoms with Gasteiger partial charge in [-0.3, -0.25) is 0 Å². The molecule has 1 aliphatic carbocycles. The molecular formula is C19H14N2O2S. The van der Waals surface area contributed by atoms with Crippen molar-refractivity contribution in [3.63, 3.8) is 0 Å². The third-order valence-electron chi connectivity index (χ3n) is 4.22. The molecule has 2 aromatic rings. The minimum Gasteiger partial charge on any atom is -0.421 e. The van der Waals surface area contributed by atoms with Gasteiger partial charge in [-0.05, 0) is 31.2 Å². The zero-order chi connectivity index (χ0) is 16.5. The van der Waals surface area contributed by atoms with E-state index < -0.39 is 5.97 Å². The summed E-state index contributed by atoms with van der Waals surface area (Å²) in [6, 6.07) is 11.7. The molecule has 1 aromatic carbocycles. The molecule has 0 saturated carbocycles. The minimum absolute atomic E-state index is 0.254. The molecule has 0 amide bonds. The van der Waals surface area contributed by atoms with Gasteiger partial charge >= 0.3 is 5.97 Å². The summed E-state index contributed by atoms with van der Waals surface area (Å²) in [7, 11) is 0. The van der Waals surface area contributed by atoms with Crippen LogP contribution in [0.5, 0.6) is 0 Å². The van der Waals surface area contributed by atoms with E-state index in [0.29, 0.717) is 16.3 Å². The van der Waals surface area contributed by atoms with Gasteiger partial charge in [0.05, 0.1) is 5.56 Å². The fraction of sp³-hybridized carbons (Fsp3) is 0.211. The third kappa shape index (κ3) is 2.55. The van der Waals surface area contributed by atoms with Crippen molar-refractivity contribution in [2.75, 3.05) is 0 Å². The van der Waals surface area contributed by atoms with E-state index in [-0.39, 0.29) is 5.71 Å². The Labute approximate surface area is 143 Å². The van der Waals surface area contributed by atoms with Gasteiger partial charge in [-0.1, -0.05) is 30.3 Å². The van der Waals surface area contributed by atoms with Crippen molar-refractivity contribution in [2.45, 2.75) is 25.7 Å². The first-order valence-corrected chi connectivity index (χ1v) is 8.70. The van der Waals surface area contributed by atoms with Crippen molar-refractivity contribution in [1.29, 1.82) is 5.26 Å². The molecule has 0 unspecified atom stereocenters. The van der Waals surface area contributed by atoms with Gasteiger partial charge in [0.2, 0.25) is 0 Å². The number of benzene rings is 1. The van der Waals surface area contributed by atoms with Crippen LogP contribution in [0.1, 0.15) is 34.4 Å². The number of rotatable bonds is 2. The number of thiophene rings is 1. The maximum Gasteiger partial charge on any atom is 0.362 e. The highest BCUT2D eigenvalue weighted by Crippen LogP contribution is 2.40. The third-order valence-corrected chi connectivity index (χ3v) is 5.41. The predicted molar refractivity (Wildman–Crippen MR) is 93.3 cm³/mol. The summed E-state index contributed by atoms with van der Waals surface area (Å²) in [5.74, 6) is 0.0308. The standard InChI is InChI=1S/C19H14N2O2S/c20-11-14-13-8-4-5-9-17(13)24-18(14)21-15-10-16(23-19(15)22)12-6-2-1-3-7-12/h1-3,6-7,10H,4-5,8-9H2/b21-15+. The maximum atomic E-state index is 12.1. The Balaban J connectivity index is 1.74. The van der Waals surface area contributed by atoms with Crippen molar-refractivity contribution in [3.8, 4) is 6.07 Å². The van der Waals surface area contributed by atoms with Crippen LogP contribution >= 0.6 is 11.3 Å². The molecule has 0 saturated heterocycles. The van der Waals surface area contributed by atoms with E-state index in [1.807, 2.05) is 30.3 Å². The molecule has 0 radical (unpaired) electrons. The Morgan fingerprint density at radius 3 is 2.75 bits per heavy atom. The van der Waals surface area contributed by atoms with Gasteiger partial charge in [-0.15, -0.1) is 11.3 Å². The van der Waals surface area contributed by atoms with Crippen LogP contribution in [0.3, 0.4) is 0 Å². The first kappa shape index (κ1) is 14.9. The molecule has 1 aromatic heterocycles. The molecule has 2 heterocycles. The Bertz CT molecular complexity index is 917. The van der Waals surface area contributed by atoms with E-state index in [0.717, 1.165) is 36.8 Å². The second kappa shape index (κ2) is 6.06. The van der Waals surface area contributed by atoms with Gasteiger partial charge in [-0.25, -0.2) is 9.79 Å². The number of esters is 1. The quantitative estimate of drug-likeness (QED) is 0.774. The second-order valence-corrected chi connectivity index (χ2v) is 6.85. The molecule has 1 aliphatic heterocycles. The van der Waals surface area contributed by atoms with Crippen molar-refractivity contribution in [1.82, 2.24) is 0 Å². The van der Waals surface area contributed by atoms with Crippen LogP contribution in [0.25, 0.3) is 5.76 Å². The normalized spacial score (nSPS) is 18.0. The molecule has 2 aliphatic rings. The van der Waals surface area contributed by atoms with Gasteiger partial charge in [0, 0.05) is 16.5 Å². The monoisotopic (exact) mass is 334 g/mol. The van der Waals surface area contributed by atoms with Gasteiger partial charge in [-0.2, -0.15) is 5.26 Å². The van der Waals surface area contributed by atoms with Crippen LogP contribution in [-0.2, 0) is 22.4 Å². The Hall–Kier alpha value is -2.71. The number of hydrogen-bond acceptors (Lipinski definition) is 5. The minimum atomic E-state index is -0.468. The van der Waals surface area contributed by atoms with Gasteiger partial charge in [0.25, 0.3) is 0 Å². The predicted octanol–water partition coefficient (Wildman–Crippen LogP) is 4.17. The molecule has 0 N–H and O–H groups in total. The van der Waals surface area contributed by atoms with Crippen LogP contribution in [0, 0.1) is 11.3 Å². The number of carbonyl (C=O) groups is 1. The summed E-state index contributed by atoms with van der Waals surface area (Å²) in [5, 5.41) is 10.1. The Morgan fingerprint density at radius 1 is 1.17 bits per heavy atom. The van der Waals surface area contributed by atoms with Gasteiger partial charge < -0.3 is 4.74 Å². The summed E-state index contributed by atoms with van der Waals surface area (Å²) in [6.07, 6.45) is 5.82. The Morgan fingerprint density at radius 2 is 1.96 bits per heavy atom.